The number of benzene rings is 1. The molecule has 0 aliphatic heterocycles. The van der Waals surface area contributed by atoms with Gasteiger partial charge < -0.3 is 5.32 Å². The molecule has 0 saturated carbocycles. The van der Waals surface area contributed by atoms with Crippen LogP contribution in [0.15, 0.2) is 41.3 Å². The number of carbonyl (C=O) groups is 1. The number of hydrogen-bond acceptors (Lipinski definition) is 4. The molecule has 128 valence electrons. The zero-order chi connectivity index (χ0) is 17.4. The van der Waals surface area contributed by atoms with E-state index in [0.29, 0.717) is 12.1 Å². The fourth-order valence-electron chi connectivity index (χ4n) is 2.34. The maximum absolute atomic E-state index is 12.2. The molecule has 1 amide bonds. The minimum absolute atomic E-state index is 0.0562. The van der Waals surface area contributed by atoms with Gasteiger partial charge in [0.1, 0.15) is 5.01 Å². The monoisotopic (exact) mass is 343 g/mol. The van der Waals surface area contributed by atoms with Gasteiger partial charge >= 0.3 is 0 Å². The van der Waals surface area contributed by atoms with Gasteiger partial charge in [0.15, 0.2) is 0 Å². The minimum Gasteiger partial charge on any atom is -0.346 e. The summed E-state index contributed by atoms with van der Waals surface area (Å²) < 4.78 is 0. The fraction of sp³-hybridized carbons (Fsp3) is 0.368. The van der Waals surface area contributed by atoms with Gasteiger partial charge in [-0.1, -0.05) is 44.2 Å². The summed E-state index contributed by atoms with van der Waals surface area (Å²) in [4.78, 5) is 19.1. The largest absolute Gasteiger partial charge is 0.346 e. The normalized spacial score (nSPS) is 11.8. The Morgan fingerprint density at radius 2 is 1.96 bits per heavy atom. The Kier molecular flexibility index (Phi) is 7.15. The molecule has 5 heteroatoms. The highest BCUT2D eigenvalue weighted by molar-refractivity contribution is 7.09. The van der Waals surface area contributed by atoms with Crippen molar-refractivity contribution in [2.45, 2.75) is 33.9 Å². The molecule has 2 rings (SSSR count). The number of hydrogen-bond donors (Lipinski definition) is 1. The van der Waals surface area contributed by atoms with Gasteiger partial charge in [-0.3, -0.25) is 9.69 Å². The number of carbonyl (C=O) groups excluding carboxylic acids is 1. The molecule has 1 aromatic carbocycles. The third kappa shape index (κ3) is 5.58. The zero-order valence-corrected chi connectivity index (χ0v) is 15.4. The zero-order valence-electron chi connectivity index (χ0n) is 14.6. The van der Waals surface area contributed by atoms with Crippen molar-refractivity contribution in [3.05, 3.63) is 57.6 Å². The van der Waals surface area contributed by atoms with Crippen LogP contribution in [0.3, 0.4) is 0 Å². The van der Waals surface area contributed by atoms with Crippen molar-refractivity contribution in [1.29, 1.82) is 0 Å². The first-order valence-electron chi connectivity index (χ1n) is 8.29. The number of aromatic nitrogens is 1. The predicted octanol–water partition coefficient (Wildman–Crippen LogP) is 3.70. The van der Waals surface area contributed by atoms with E-state index in [9.17, 15) is 4.79 Å². The SMILES string of the molecule is CCN(CC)Cc1csc(CNC(=O)/C(C)=C/c2ccccc2)n1. The van der Waals surface area contributed by atoms with Gasteiger partial charge in [-0.2, -0.15) is 0 Å². The number of rotatable bonds is 8. The van der Waals surface area contributed by atoms with Crippen LogP contribution in [0, 0.1) is 0 Å². The Bertz CT molecular complexity index is 675. The molecule has 0 aliphatic carbocycles. The molecule has 0 aliphatic rings. The lowest BCUT2D eigenvalue weighted by Gasteiger charge is -2.15. The standard InChI is InChI=1S/C19H25N3OS/c1-4-22(5-2)13-17-14-24-18(21-17)12-20-19(23)15(3)11-16-9-7-6-8-10-16/h6-11,14H,4-5,12-13H2,1-3H3,(H,20,23)/b15-11+. The maximum Gasteiger partial charge on any atom is 0.247 e. The average Bonchev–Trinajstić information content (AvgIpc) is 3.05. The molecule has 4 nitrogen and oxygen atoms in total. The molecule has 1 N–H and O–H groups in total. The summed E-state index contributed by atoms with van der Waals surface area (Å²) in [6.07, 6.45) is 1.89. The summed E-state index contributed by atoms with van der Waals surface area (Å²) in [6, 6.07) is 9.85. The third-order valence-corrected chi connectivity index (χ3v) is 4.72. The van der Waals surface area contributed by atoms with Gasteiger partial charge in [-0.05, 0) is 31.7 Å². The van der Waals surface area contributed by atoms with Crippen molar-refractivity contribution in [3.63, 3.8) is 0 Å². The van der Waals surface area contributed by atoms with E-state index in [4.69, 9.17) is 0 Å². The summed E-state index contributed by atoms with van der Waals surface area (Å²) in [7, 11) is 0. The number of amides is 1. The smallest absolute Gasteiger partial charge is 0.247 e. The first-order valence-corrected chi connectivity index (χ1v) is 9.17. The molecule has 1 heterocycles. The second kappa shape index (κ2) is 9.35. The summed E-state index contributed by atoms with van der Waals surface area (Å²) in [5.74, 6) is -0.0562. The summed E-state index contributed by atoms with van der Waals surface area (Å²) >= 11 is 1.60. The van der Waals surface area contributed by atoms with Crippen molar-refractivity contribution in [3.8, 4) is 0 Å². The van der Waals surface area contributed by atoms with Gasteiger partial charge in [-0.15, -0.1) is 11.3 Å². The molecule has 0 unspecified atom stereocenters. The first kappa shape index (κ1) is 18.4. The highest BCUT2D eigenvalue weighted by Crippen LogP contribution is 2.12. The van der Waals surface area contributed by atoms with Crippen LogP contribution in [0.2, 0.25) is 0 Å². The Labute approximate surface area is 148 Å². The lowest BCUT2D eigenvalue weighted by atomic mass is 10.1. The van der Waals surface area contributed by atoms with Crippen LogP contribution in [0.4, 0.5) is 0 Å². The molecule has 2 aromatic rings. The van der Waals surface area contributed by atoms with Crippen LogP contribution in [-0.4, -0.2) is 28.9 Å². The first-order chi connectivity index (χ1) is 11.6. The highest BCUT2D eigenvalue weighted by atomic mass is 32.1. The molecule has 0 fully saturated rings. The number of nitrogens with one attached hydrogen (secondary N) is 1. The molecular weight excluding hydrogens is 318 g/mol. The van der Waals surface area contributed by atoms with Crippen molar-refractivity contribution < 1.29 is 4.79 Å². The van der Waals surface area contributed by atoms with Crippen LogP contribution in [0.25, 0.3) is 6.08 Å². The third-order valence-electron chi connectivity index (χ3n) is 3.82. The number of nitrogens with zero attached hydrogens (tertiary/aromatic N) is 2. The highest BCUT2D eigenvalue weighted by Gasteiger charge is 2.08. The Morgan fingerprint density at radius 3 is 2.62 bits per heavy atom. The van der Waals surface area contributed by atoms with Crippen molar-refractivity contribution in [2.24, 2.45) is 0 Å². The van der Waals surface area contributed by atoms with Crippen molar-refractivity contribution in [2.75, 3.05) is 13.1 Å². The molecule has 24 heavy (non-hydrogen) atoms. The van der Waals surface area contributed by atoms with Crippen molar-refractivity contribution in [1.82, 2.24) is 15.2 Å². The Hall–Kier alpha value is -1.98. The average molecular weight is 343 g/mol. The second-order valence-electron chi connectivity index (χ2n) is 5.61. The van der Waals surface area contributed by atoms with E-state index in [1.807, 2.05) is 43.3 Å². The summed E-state index contributed by atoms with van der Waals surface area (Å²) in [5.41, 5.74) is 2.80. The molecule has 0 atom stereocenters. The summed E-state index contributed by atoms with van der Waals surface area (Å²) in [6.45, 7) is 9.51. The van der Waals surface area contributed by atoms with E-state index in [1.165, 1.54) is 0 Å². The van der Waals surface area contributed by atoms with E-state index >= 15 is 0 Å². The molecule has 0 saturated heterocycles. The number of thiazole rings is 1. The van der Waals surface area contributed by atoms with Crippen LogP contribution in [0.1, 0.15) is 37.0 Å². The molecule has 1 aromatic heterocycles. The van der Waals surface area contributed by atoms with E-state index in [2.05, 4.69) is 34.4 Å². The lowest BCUT2D eigenvalue weighted by molar-refractivity contribution is -0.117. The van der Waals surface area contributed by atoms with Crippen molar-refractivity contribution >= 4 is 23.3 Å². The van der Waals surface area contributed by atoms with Crippen LogP contribution >= 0.6 is 11.3 Å². The van der Waals surface area contributed by atoms with Crippen LogP contribution < -0.4 is 5.32 Å². The Balaban J connectivity index is 1.88. The van der Waals surface area contributed by atoms with Crippen LogP contribution in [-0.2, 0) is 17.9 Å². The lowest BCUT2D eigenvalue weighted by Crippen LogP contribution is -2.24. The predicted molar refractivity (Wildman–Crippen MR) is 101 cm³/mol. The molecular formula is C19H25N3OS. The fourth-order valence-corrected chi connectivity index (χ4v) is 3.06. The van der Waals surface area contributed by atoms with E-state index in [-0.39, 0.29) is 5.91 Å². The van der Waals surface area contributed by atoms with Gasteiger partial charge in [0.2, 0.25) is 5.91 Å². The molecule has 0 spiro atoms. The molecule has 0 radical (unpaired) electrons. The molecule has 0 bridgehead atoms. The quantitative estimate of drug-likeness (QED) is 0.743. The van der Waals surface area contributed by atoms with E-state index in [0.717, 1.165) is 35.9 Å². The van der Waals surface area contributed by atoms with Gasteiger partial charge in [0.25, 0.3) is 0 Å². The summed E-state index contributed by atoms with van der Waals surface area (Å²) in [5, 5.41) is 5.96. The van der Waals surface area contributed by atoms with E-state index in [1.54, 1.807) is 11.3 Å². The van der Waals surface area contributed by atoms with Gasteiger partial charge in [-0.25, -0.2) is 4.98 Å². The second-order valence-corrected chi connectivity index (χ2v) is 6.56. The van der Waals surface area contributed by atoms with Gasteiger partial charge in [0.05, 0.1) is 12.2 Å². The topological polar surface area (TPSA) is 45.2 Å². The maximum atomic E-state index is 12.2. The Morgan fingerprint density at radius 1 is 1.25 bits per heavy atom. The van der Waals surface area contributed by atoms with E-state index < -0.39 is 0 Å². The van der Waals surface area contributed by atoms with Gasteiger partial charge in [0, 0.05) is 17.5 Å². The minimum atomic E-state index is -0.0562. The van der Waals surface area contributed by atoms with Crippen LogP contribution in [0.5, 0.6) is 0 Å².